The lowest BCUT2D eigenvalue weighted by molar-refractivity contribution is 0.475. The highest BCUT2D eigenvalue weighted by Gasteiger charge is 2.28. The van der Waals surface area contributed by atoms with Crippen molar-refractivity contribution in [2.24, 2.45) is 0 Å². The Hall–Kier alpha value is -4.04. The van der Waals surface area contributed by atoms with Gasteiger partial charge in [0.1, 0.15) is 5.75 Å². The third kappa shape index (κ3) is 3.43. The largest absolute Gasteiger partial charge is 0.508 e. The lowest BCUT2D eigenvalue weighted by Crippen LogP contribution is -2.03. The number of rotatable bonds is 4. The summed E-state index contributed by atoms with van der Waals surface area (Å²) in [4.78, 5) is 0. The van der Waals surface area contributed by atoms with Crippen LogP contribution in [-0.2, 0) is 19.3 Å². The van der Waals surface area contributed by atoms with Crippen molar-refractivity contribution in [1.29, 1.82) is 0 Å². The molecule has 1 aliphatic carbocycles. The Kier molecular flexibility index (Phi) is 5.07. The lowest BCUT2D eigenvalue weighted by atomic mass is 9.84. The summed E-state index contributed by atoms with van der Waals surface area (Å²) >= 11 is 0. The number of fused-ring (bicyclic) bond motifs is 3. The second-order valence-electron chi connectivity index (χ2n) is 9.12. The summed E-state index contributed by atoms with van der Waals surface area (Å²) in [6.07, 6.45) is 2.99. The Bertz CT molecular complexity index is 1480. The van der Waals surface area contributed by atoms with Crippen LogP contribution in [0.3, 0.4) is 0 Å². The van der Waals surface area contributed by atoms with Crippen molar-refractivity contribution in [2.45, 2.75) is 26.2 Å². The predicted molar refractivity (Wildman–Crippen MR) is 140 cm³/mol. The first-order chi connectivity index (χ1) is 16.7. The van der Waals surface area contributed by atoms with Crippen molar-refractivity contribution in [2.75, 3.05) is 0 Å². The monoisotopic (exact) mass is 441 g/mol. The molecule has 0 fully saturated rings. The summed E-state index contributed by atoms with van der Waals surface area (Å²) in [6.45, 7) is 2.24. The van der Waals surface area contributed by atoms with Crippen LogP contribution in [-0.4, -0.2) is 9.67 Å². The number of benzene rings is 4. The van der Waals surface area contributed by atoms with E-state index in [0.717, 1.165) is 24.9 Å². The number of hydrogen-bond donors (Lipinski definition) is 1. The third-order valence-corrected chi connectivity index (χ3v) is 7.08. The summed E-state index contributed by atoms with van der Waals surface area (Å²) in [5.74, 6) is 0.287. The quantitative estimate of drug-likeness (QED) is 0.307. The van der Waals surface area contributed by atoms with E-state index < -0.39 is 0 Å². The molecule has 1 heterocycles. The molecule has 2 heteroatoms. The van der Waals surface area contributed by atoms with E-state index >= 15 is 0 Å². The highest BCUT2D eigenvalue weighted by molar-refractivity contribution is 5.90. The highest BCUT2D eigenvalue weighted by atomic mass is 16.3. The van der Waals surface area contributed by atoms with Crippen LogP contribution in [0.2, 0.25) is 0 Å². The molecule has 0 aliphatic heterocycles. The molecule has 6 rings (SSSR count). The summed E-state index contributed by atoms with van der Waals surface area (Å²) < 4.78 is 2.40. The highest BCUT2D eigenvalue weighted by Crippen LogP contribution is 2.46. The molecule has 0 radical (unpaired) electrons. The minimum absolute atomic E-state index is 0.287. The van der Waals surface area contributed by atoms with E-state index in [1.165, 1.54) is 50.3 Å². The van der Waals surface area contributed by atoms with Gasteiger partial charge in [-0.05, 0) is 78.3 Å². The minimum Gasteiger partial charge on any atom is -0.508 e. The topological polar surface area (TPSA) is 25.2 Å². The van der Waals surface area contributed by atoms with Crippen molar-refractivity contribution in [3.63, 3.8) is 0 Å². The number of aromatic hydroxyl groups is 1. The van der Waals surface area contributed by atoms with Crippen LogP contribution in [0.5, 0.6) is 5.75 Å². The van der Waals surface area contributed by atoms with Gasteiger partial charge in [-0.15, -0.1) is 0 Å². The van der Waals surface area contributed by atoms with Crippen molar-refractivity contribution in [3.8, 4) is 33.8 Å². The van der Waals surface area contributed by atoms with Crippen molar-refractivity contribution < 1.29 is 5.11 Å². The van der Waals surface area contributed by atoms with Crippen LogP contribution in [0.1, 0.15) is 27.9 Å². The Labute approximate surface area is 200 Å². The zero-order chi connectivity index (χ0) is 23.1. The predicted octanol–water partition coefficient (Wildman–Crippen LogP) is 7.51. The molecule has 0 saturated heterocycles. The van der Waals surface area contributed by atoms with Crippen LogP contribution in [0, 0.1) is 6.92 Å². The maximum absolute atomic E-state index is 9.95. The average Bonchev–Trinajstić information content (AvgIpc) is 3.18. The Morgan fingerprint density at radius 1 is 0.706 bits per heavy atom. The summed E-state index contributed by atoms with van der Waals surface area (Å²) in [5, 5.41) is 9.95. The molecule has 1 N–H and O–H groups in total. The molecule has 0 amide bonds. The standard InChI is InChI=1S/C32H27NO/c1-22-28-20-15-24-11-5-7-13-29(24)31(28)32(33(22)26-16-18-27(34)19-17-26)30-14-8-6-12-25(30)21-23-9-3-2-4-10-23/h2-14,16-19,34H,15,20-21H2,1H3. The second-order valence-corrected chi connectivity index (χ2v) is 9.12. The first-order valence-electron chi connectivity index (χ1n) is 11.9. The lowest BCUT2D eigenvalue weighted by Gasteiger charge is -2.20. The number of aromatic nitrogens is 1. The van der Waals surface area contributed by atoms with E-state index in [-0.39, 0.29) is 5.75 Å². The first-order valence-corrected chi connectivity index (χ1v) is 11.9. The summed E-state index contributed by atoms with van der Waals surface area (Å²) in [6, 6.07) is 35.9. The normalized spacial score (nSPS) is 12.3. The molecule has 0 spiro atoms. The van der Waals surface area contributed by atoms with E-state index in [9.17, 15) is 5.11 Å². The van der Waals surface area contributed by atoms with Crippen molar-refractivity contribution >= 4 is 0 Å². The second kappa shape index (κ2) is 8.39. The zero-order valence-electron chi connectivity index (χ0n) is 19.3. The van der Waals surface area contributed by atoms with Crippen molar-refractivity contribution in [3.05, 3.63) is 131 Å². The average molecular weight is 442 g/mol. The summed E-state index contributed by atoms with van der Waals surface area (Å²) in [5.41, 5.74) is 13.0. The molecule has 5 aromatic rings. The number of hydrogen-bond acceptors (Lipinski definition) is 1. The first kappa shape index (κ1) is 20.6. The van der Waals surface area contributed by atoms with Gasteiger partial charge in [0.05, 0.1) is 5.69 Å². The fraction of sp³-hybridized carbons (Fsp3) is 0.125. The molecule has 1 aliphatic rings. The molecule has 4 aromatic carbocycles. The van der Waals surface area contributed by atoms with E-state index in [1.807, 2.05) is 12.1 Å². The number of phenols is 1. The van der Waals surface area contributed by atoms with E-state index in [4.69, 9.17) is 0 Å². The van der Waals surface area contributed by atoms with Crippen LogP contribution >= 0.6 is 0 Å². The molecule has 0 bridgehead atoms. The van der Waals surface area contributed by atoms with Crippen LogP contribution in [0.25, 0.3) is 28.1 Å². The molecule has 166 valence electrons. The summed E-state index contributed by atoms with van der Waals surface area (Å²) in [7, 11) is 0. The van der Waals surface area contributed by atoms with Gasteiger partial charge in [-0.3, -0.25) is 0 Å². The van der Waals surface area contributed by atoms with Crippen LogP contribution < -0.4 is 0 Å². The fourth-order valence-corrected chi connectivity index (χ4v) is 5.48. The third-order valence-electron chi connectivity index (χ3n) is 7.08. The molecule has 0 saturated carbocycles. The smallest absolute Gasteiger partial charge is 0.115 e. The number of phenolic OH excluding ortho intramolecular Hbond substituents is 1. The SMILES string of the molecule is Cc1c2c(c(-c3ccccc3Cc3ccccc3)n1-c1ccc(O)cc1)-c1ccccc1CC2. The molecule has 34 heavy (non-hydrogen) atoms. The molecule has 2 nitrogen and oxygen atoms in total. The zero-order valence-corrected chi connectivity index (χ0v) is 19.3. The van der Waals surface area contributed by atoms with Gasteiger partial charge < -0.3 is 9.67 Å². The van der Waals surface area contributed by atoms with E-state index in [1.54, 1.807) is 12.1 Å². The van der Waals surface area contributed by atoms with E-state index in [2.05, 4.69) is 90.4 Å². The minimum atomic E-state index is 0.287. The molecular weight excluding hydrogens is 414 g/mol. The molecule has 0 atom stereocenters. The van der Waals surface area contributed by atoms with Gasteiger partial charge in [-0.1, -0.05) is 78.9 Å². The van der Waals surface area contributed by atoms with Crippen LogP contribution in [0.15, 0.2) is 103 Å². The van der Waals surface area contributed by atoms with Gasteiger partial charge in [0, 0.05) is 22.5 Å². The molecular formula is C32H27NO. The van der Waals surface area contributed by atoms with Gasteiger partial charge >= 0.3 is 0 Å². The van der Waals surface area contributed by atoms with Gasteiger partial charge in [-0.2, -0.15) is 0 Å². The Morgan fingerprint density at radius 2 is 1.38 bits per heavy atom. The van der Waals surface area contributed by atoms with Gasteiger partial charge in [0.2, 0.25) is 0 Å². The number of nitrogens with zero attached hydrogens (tertiary/aromatic N) is 1. The van der Waals surface area contributed by atoms with Crippen LogP contribution in [0.4, 0.5) is 0 Å². The fourth-order valence-electron chi connectivity index (χ4n) is 5.48. The molecule has 0 unspecified atom stereocenters. The number of aryl methyl sites for hydroxylation is 1. The maximum Gasteiger partial charge on any atom is 0.115 e. The van der Waals surface area contributed by atoms with Gasteiger partial charge in [-0.25, -0.2) is 0 Å². The van der Waals surface area contributed by atoms with Crippen molar-refractivity contribution in [1.82, 2.24) is 4.57 Å². The molecule has 1 aromatic heterocycles. The van der Waals surface area contributed by atoms with Gasteiger partial charge in [0.25, 0.3) is 0 Å². The Morgan fingerprint density at radius 3 is 2.18 bits per heavy atom. The van der Waals surface area contributed by atoms with Gasteiger partial charge in [0.15, 0.2) is 0 Å². The van der Waals surface area contributed by atoms with E-state index in [0.29, 0.717) is 0 Å². The Balaban J connectivity index is 1.65. The maximum atomic E-state index is 9.95.